The van der Waals surface area contributed by atoms with Crippen molar-refractivity contribution in [3.05, 3.63) is 95.9 Å². The maximum atomic E-state index is 14.7. The lowest BCUT2D eigenvalue weighted by Crippen LogP contribution is -2.64. The van der Waals surface area contributed by atoms with Gasteiger partial charge in [0.15, 0.2) is 5.78 Å². The summed E-state index contributed by atoms with van der Waals surface area (Å²) in [7, 11) is 4.55. The van der Waals surface area contributed by atoms with E-state index in [0.717, 1.165) is 17.0 Å². The number of carbonyl (C=O) groups is 6. The van der Waals surface area contributed by atoms with Crippen molar-refractivity contribution >= 4 is 40.9 Å². The molecular formula is C65H89N3O15. The van der Waals surface area contributed by atoms with Crippen molar-refractivity contribution in [2.45, 2.75) is 199 Å². The molecule has 8 aliphatic heterocycles. The summed E-state index contributed by atoms with van der Waals surface area (Å²) in [6.45, 7) is 12.9. The fraction of sp³-hybridized carbons (Fsp3) is 0.646. The molecule has 4 fully saturated rings. The van der Waals surface area contributed by atoms with Gasteiger partial charge in [-0.3, -0.25) is 33.8 Å². The lowest BCUT2D eigenvalue weighted by Gasteiger charge is -2.50. The number of allylic oxidation sites excluding steroid dienone is 1. The summed E-state index contributed by atoms with van der Waals surface area (Å²) in [5, 5.41) is 25.8. The van der Waals surface area contributed by atoms with Crippen LogP contribution < -0.4 is 5.06 Å². The number of aliphatic hydroxyl groups excluding tert-OH is 1. The van der Waals surface area contributed by atoms with E-state index in [0.29, 0.717) is 69.8 Å². The van der Waals surface area contributed by atoms with Crippen molar-refractivity contribution in [1.82, 2.24) is 9.88 Å². The molecule has 9 aliphatic rings. The number of hydroxylamine groups is 1. The number of anilines is 1. The lowest BCUT2D eigenvalue weighted by molar-refractivity contribution is -0.245. The number of rotatable bonds is 10. The summed E-state index contributed by atoms with van der Waals surface area (Å²) in [4.78, 5) is 98.9. The molecule has 2 N–H and O–H groups in total. The maximum absolute atomic E-state index is 14.7. The standard InChI is InChI=1S/C65H89N3O15/c1-38-30-41(4)57(70)59(79-10)58(71)42(5)31-39(2)51(69)36-54-49(33-43-23-26-52(55(34-43)78-9)81-63(75)64(6,7)37-44-18-14-15-28-66-44)48-22-17-29-67(56(48)62(74)80-54)61(73)60(72)65(76)27-16-21-46(82-65)35-53(77-8)40(3)32-47-24-25-50(38)68(83-47)45-19-12-11-13-20-45/h11-15,18-20,24-25,28,31-32,38-39,41,43,46-50,52-56,58-59,71,76H,16-17,21-23,26-27,29-30,33-37H2,1-10H3/b40-32+,42-31+/t38-,39+,41+,43-,46-,47?,48?,49-,50?,52+,53-,54-,55+,56-,58+,59-,65+/m0/s1. The minimum absolute atomic E-state index is 0.0457. The molecule has 0 radical (unpaired) electrons. The van der Waals surface area contributed by atoms with E-state index in [4.69, 9.17) is 33.3 Å². The van der Waals surface area contributed by atoms with Crippen LogP contribution in [0.15, 0.2) is 90.2 Å². The maximum Gasteiger partial charge on any atom is 0.329 e. The highest BCUT2D eigenvalue weighted by Crippen LogP contribution is 2.46. The van der Waals surface area contributed by atoms with Gasteiger partial charge >= 0.3 is 11.9 Å². The second-order valence-electron chi connectivity index (χ2n) is 25.1. The van der Waals surface area contributed by atoms with Crippen molar-refractivity contribution in [2.75, 3.05) is 32.9 Å². The first kappa shape index (κ1) is 63.5. The molecule has 1 aliphatic carbocycles. The molecule has 9 heterocycles. The Kier molecular flexibility index (Phi) is 21.2. The second-order valence-corrected chi connectivity index (χ2v) is 25.1. The Hall–Kier alpha value is -5.47. The number of Topliss-reactive ketones (excluding diaryl/α,β-unsaturated/α-hetero) is 3. The highest BCUT2D eigenvalue weighted by Gasteiger charge is 2.56. The molecule has 1 amide bonds. The van der Waals surface area contributed by atoms with Crippen LogP contribution in [-0.2, 0) is 68.4 Å². The average Bonchev–Trinajstić information content (AvgIpc) is 2.56. The van der Waals surface area contributed by atoms with E-state index >= 15 is 0 Å². The van der Waals surface area contributed by atoms with Crippen LogP contribution >= 0.6 is 0 Å². The predicted molar refractivity (Wildman–Crippen MR) is 308 cm³/mol. The Labute approximate surface area is 489 Å². The van der Waals surface area contributed by atoms with E-state index in [2.05, 4.69) is 11.1 Å². The molecule has 2 aromatic rings. The van der Waals surface area contributed by atoms with Crippen LogP contribution in [0.1, 0.15) is 131 Å². The average molecular weight is 1150 g/mol. The first-order valence-corrected chi connectivity index (χ1v) is 30.0. The number of piperidine rings is 1. The van der Waals surface area contributed by atoms with Crippen molar-refractivity contribution in [1.29, 1.82) is 0 Å². The highest BCUT2D eigenvalue weighted by atomic mass is 16.7. The third-order valence-corrected chi connectivity index (χ3v) is 18.6. The van der Waals surface area contributed by atoms with Crippen LogP contribution in [0, 0.1) is 40.9 Å². The number of pyridine rings is 1. The summed E-state index contributed by atoms with van der Waals surface area (Å²) in [5.41, 5.74) is 1.88. The number of hydrogen-bond acceptors (Lipinski definition) is 17. The molecular weight excluding hydrogens is 1060 g/mol. The summed E-state index contributed by atoms with van der Waals surface area (Å²) < 4.78 is 36.6. The Balaban J connectivity index is 1.08. The van der Waals surface area contributed by atoms with Crippen molar-refractivity contribution < 1.29 is 72.2 Å². The van der Waals surface area contributed by atoms with Gasteiger partial charge in [-0.15, -0.1) is 0 Å². The number of hydrogen-bond donors (Lipinski definition) is 2. The molecule has 1 aromatic heterocycles. The molecule has 18 heteroatoms. The molecule has 11 rings (SSSR count). The Morgan fingerprint density at radius 2 is 1.59 bits per heavy atom. The zero-order valence-electron chi connectivity index (χ0n) is 50.2. The van der Waals surface area contributed by atoms with Gasteiger partial charge in [-0.25, -0.2) is 9.86 Å². The molecule has 17 atom stereocenters. The quantitative estimate of drug-likeness (QED) is 0.130. The fourth-order valence-electron chi connectivity index (χ4n) is 13.8. The normalized spacial score (nSPS) is 36.9. The Morgan fingerprint density at radius 1 is 0.843 bits per heavy atom. The number of carbonyl (C=O) groups excluding carboxylic acids is 6. The second kappa shape index (κ2) is 27.7. The molecule has 3 saturated heterocycles. The SMILES string of the molecule is CO[C@H]1C[C@@H]2CCC[C@@](O)(O2)C(=O)C(=O)N2CCCC3[C@H]2C(=O)O[C@@H](CC(=O)[C@H](C)/C=C(\C)[C@@H](O)[C@@H](OC)C(=O)[C@H](C)C[C@H](C)C2C=CC(/C=C/1C)ON2c1ccccc1)[C@H]3C[C@@H]1CC[C@@H](OC(=O)C(C)(C)Cc2ccccn2)[C@H](OC)C1. The van der Waals surface area contributed by atoms with E-state index in [1.165, 1.54) is 12.0 Å². The van der Waals surface area contributed by atoms with Gasteiger partial charge in [-0.05, 0) is 145 Å². The van der Waals surface area contributed by atoms with Crippen molar-refractivity contribution in [2.24, 2.45) is 40.9 Å². The van der Waals surface area contributed by atoms with E-state index in [1.807, 2.05) is 100 Å². The molecule has 454 valence electrons. The summed E-state index contributed by atoms with van der Waals surface area (Å²) in [6, 6.07) is 13.8. The number of aromatic nitrogens is 1. The molecule has 3 unspecified atom stereocenters. The number of benzene rings is 1. The predicted octanol–water partition coefficient (Wildman–Crippen LogP) is 8.00. The first-order valence-electron chi connectivity index (χ1n) is 30.0. The third kappa shape index (κ3) is 14.8. The zero-order chi connectivity index (χ0) is 59.9. The minimum atomic E-state index is -2.47. The topological polar surface area (TPSA) is 227 Å². The molecule has 83 heavy (non-hydrogen) atoms. The number of amides is 1. The number of ketones is 3. The van der Waals surface area contributed by atoms with E-state index in [9.17, 15) is 39.0 Å². The van der Waals surface area contributed by atoms with E-state index in [1.54, 1.807) is 40.3 Å². The summed E-state index contributed by atoms with van der Waals surface area (Å²) in [5.74, 6) is -8.89. The van der Waals surface area contributed by atoms with Gasteiger partial charge in [0, 0.05) is 83.2 Å². The van der Waals surface area contributed by atoms with Crippen LogP contribution in [0.5, 0.6) is 0 Å². The van der Waals surface area contributed by atoms with Crippen LogP contribution in [0.25, 0.3) is 0 Å². The van der Waals surface area contributed by atoms with E-state index in [-0.39, 0.29) is 61.2 Å². The number of aliphatic hydroxyl groups is 2. The van der Waals surface area contributed by atoms with Crippen molar-refractivity contribution in [3.8, 4) is 0 Å². The fourth-order valence-corrected chi connectivity index (χ4v) is 13.8. The first-order chi connectivity index (χ1) is 39.6. The molecule has 1 saturated carbocycles. The number of para-hydroxylation sites is 1. The smallest absolute Gasteiger partial charge is 0.329 e. The van der Waals surface area contributed by atoms with Gasteiger partial charge < -0.3 is 43.5 Å². The van der Waals surface area contributed by atoms with Gasteiger partial charge in [-0.2, -0.15) is 0 Å². The molecule has 18 nitrogen and oxygen atoms in total. The zero-order valence-corrected chi connectivity index (χ0v) is 50.2. The number of esters is 2. The van der Waals surface area contributed by atoms with Gasteiger partial charge in [0.1, 0.15) is 42.3 Å². The lowest BCUT2D eigenvalue weighted by atomic mass is 9.68. The number of methoxy groups -OCH3 is 3. The van der Waals surface area contributed by atoms with Gasteiger partial charge in [-0.1, -0.05) is 63.3 Å². The number of nitrogens with zero attached hydrogens (tertiary/aromatic N) is 3. The highest BCUT2D eigenvalue weighted by molar-refractivity contribution is 6.39. The van der Waals surface area contributed by atoms with Crippen LogP contribution in [0.2, 0.25) is 0 Å². The van der Waals surface area contributed by atoms with Crippen LogP contribution in [0.4, 0.5) is 5.69 Å². The van der Waals surface area contributed by atoms with Gasteiger partial charge in [0.05, 0.1) is 35.5 Å². The summed E-state index contributed by atoms with van der Waals surface area (Å²) in [6.07, 6.45) is 7.61. The molecule has 0 spiro atoms. The van der Waals surface area contributed by atoms with Crippen LogP contribution in [-0.4, -0.2) is 150 Å². The van der Waals surface area contributed by atoms with Gasteiger partial charge in [0.25, 0.3) is 11.7 Å². The largest absolute Gasteiger partial charge is 0.460 e. The van der Waals surface area contributed by atoms with Gasteiger partial charge in [0.2, 0.25) is 5.79 Å². The minimum Gasteiger partial charge on any atom is -0.460 e. The molecule has 1 aromatic carbocycles. The summed E-state index contributed by atoms with van der Waals surface area (Å²) >= 11 is 0. The van der Waals surface area contributed by atoms with Crippen LogP contribution in [0.3, 0.4) is 0 Å². The Bertz CT molecular complexity index is 2700. The third-order valence-electron chi connectivity index (χ3n) is 18.6. The van der Waals surface area contributed by atoms with E-state index < -0.39 is 107 Å². The monoisotopic (exact) mass is 1150 g/mol. The van der Waals surface area contributed by atoms with Crippen molar-refractivity contribution in [3.63, 3.8) is 0 Å². The molecule has 8 bridgehead atoms. The Morgan fingerprint density at radius 3 is 2.29 bits per heavy atom. The number of ether oxygens (including phenoxy) is 6.